The predicted octanol–water partition coefficient (Wildman–Crippen LogP) is 2.32. The molecule has 1 aliphatic rings. The first kappa shape index (κ1) is 13.9. The first-order valence-corrected chi connectivity index (χ1v) is 7.36. The summed E-state index contributed by atoms with van der Waals surface area (Å²) in [7, 11) is 0. The summed E-state index contributed by atoms with van der Waals surface area (Å²) in [4.78, 5) is 14.3. The summed E-state index contributed by atoms with van der Waals surface area (Å²) in [6.45, 7) is 3.24. The van der Waals surface area contributed by atoms with E-state index in [0.717, 1.165) is 5.69 Å². The number of nitrogens with zero attached hydrogens (tertiary/aromatic N) is 2. The molecule has 4 nitrogen and oxygen atoms in total. The van der Waals surface area contributed by atoms with Crippen molar-refractivity contribution < 1.29 is 9.90 Å². The minimum Gasteiger partial charge on any atom is -0.393 e. The van der Waals surface area contributed by atoms with Gasteiger partial charge in [0.2, 0.25) is 0 Å². The monoisotopic (exact) mass is 284 g/mol. The van der Waals surface area contributed by atoms with E-state index < -0.39 is 0 Å². The fourth-order valence-corrected chi connectivity index (χ4v) is 2.78. The second-order valence-electron chi connectivity index (χ2n) is 5.72. The summed E-state index contributed by atoms with van der Waals surface area (Å²) in [6, 6.07) is 11.6. The van der Waals surface area contributed by atoms with E-state index in [1.165, 1.54) is 0 Å². The Morgan fingerprint density at radius 2 is 1.86 bits per heavy atom. The Labute approximate surface area is 124 Å². The maximum Gasteiger partial charge on any atom is 0.253 e. The van der Waals surface area contributed by atoms with Crippen LogP contribution in [0.1, 0.15) is 23.7 Å². The van der Waals surface area contributed by atoms with Crippen LogP contribution in [0, 0.1) is 5.92 Å². The molecule has 0 spiro atoms. The maximum absolute atomic E-state index is 12.5. The number of aromatic nitrogens is 1. The molecule has 110 valence electrons. The Morgan fingerprint density at radius 1 is 1.19 bits per heavy atom. The van der Waals surface area contributed by atoms with E-state index in [-0.39, 0.29) is 17.9 Å². The van der Waals surface area contributed by atoms with Gasteiger partial charge in [-0.25, -0.2) is 0 Å². The topological polar surface area (TPSA) is 45.5 Å². The van der Waals surface area contributed by atoms with Crippen LogP contribution < -0.4 is 0 Å². The third-order valence-electron chi connectivity index (χ3n) is 4.16. The zero-order valence-electron chi connectivity index (χ0n) is 12.1. The molecule has 1 saturated heterocycles. The number of amides is 1. The molecule has 0 bridgehead atoms. The summed E-state index contributed by atoms with van der Waals surface area (Å²) in [5, 5.41) is 9.75. The molecule has 2 atom stereocenters. The molecule has 1 fully saturated rings. The van der Waals surface area contributed by atoms with Crippen LogP contribution in [0.15, 0.2) is 48.8 Å². The summed E-state index contributed by atoms with van der Waals surface area (Å²) < 4.78 is 2.01. The Balaban J connectivity index is 1.73. The quantitative estimate of drug-likeness (QED) is 0.920. The molecule has 2 aromatic rings. The highest BCUT2D eigenvalue weighted by Crippen LogP contribution is 2.19. The minimum atomic E-state index is -0.287. The van der Waals surface area contributed by atoms with E-state index in [0.29, 0.717) is 25.1 Å². The standard InChI is InChI=1S/C17H20N2O2/c1-13-12-19(11-8-16(13)20)17(21)14-4-6-15(7-5-14)18-9-2-3-10-18/h2-7,9-10,13,16,20H,8,11-12H2,1H3. The largest absolute Gasteiger partial charge is 0.393 e. The van der Waals surface area contributed by atoms with Crippen LogP contribution in [0.25, 0.3) is 5.69 Å². The first-order valence-electron chi connectivity index (χ1n) is 7.36. The van der Waals surface area contributed by atoms with Gasteiger partial charge < -0.3 is 14.6 Å². The third-order valence-corrected chi connectivity index (χ3v) is 4.16. The van der Waals surface area contributed by atoms with Crippen LogP contribution >= 0.6 is 0 Å². The van der Waals surface area contributed by atoms with Crippen molar-refractivity contribution in [2.24, 2.45) is 5.92 Å². The Kier molecular flexibility index (Phi) is 3.80. The molecule has 1 aliphatic heterocycles. The average Bonchev–Trinajstić information content (AvgIpc) is 3.04. The van der Waals surface area contributed by atoms with Gasteiger partial charge in [0.1, 0.15) is 0 Å². The number of aliphatic hydroxyl groups excluding tert-OH is 1. The van der Waals surface area contributed by atoms with E-state index in [4.69, 9.17) is 0 Å². The molecule has 2 unspecified atom stereocenters. The van der Waals surface area contributed by atoms with Crippen molar-refractivity contribution in [1.82, 2.24) is 9.47 Å². The number of rotatable bonds is 2. The van der Waals surface area contributed by atoms with Gasteiger partial charge in [-0.15, -0.1) is 0 Å². The van der Waals surface area contributed by atoms with E-state index in [2.05, 4.69) is 0 Å². The van der Waals surface area contributed by atoms with Gasteiger partial charge in [0.05, 0.1) is 6.10 Å². The van der Waals surface area contributed by atoms with Crippen LogP contribution in [-0.4, -0.2) is 39.7 Å². The molecule has 0 radical (unpaired) electrons. The highest BCUT2D eigenvalue weighted by atomic mass is 16.3. The van der Waals surface area contributed by atoms with Gasteiger partial charge in [0, 0.05) is 36.7 Å². The van der Waals surface area contributed by atoms with E-state index >= 15 is 0 Å². The van der Waals surface area contributed by atoms with Gasteiger partial charge in [-0.1, -0.05) is 6.92 Å². The van der Waals surface area contributed by atoms with Gasteiger partial charge in [0.25, 0.3) is 5.91 Å². The van der Waals surface area contributed by atoms with Crippen molar-refractivity contribution in [2.45, 2.75) is 19.4 Å². The molecule has 4 heteroatoms. The predicted molar refractivity (Wildman–Crippen MR) is 81.5 cm³/mol. The van der Waals surface area contributed by atoms with Gasteiger partial charge in [-0.3, -0.25) is 4.79 Å². The molecule has 1 N–H and O–H groups in total. The maximum atomic E-state index is 12.5. The van der Waals surface area contributed by atoms with Crippen LogP contribution in [0.4, 0.5) is 0 Å². The van der Waals surface area contributed by atoms with Crippen molar-refractivity contribution in [3.63, 3.8) is 0 Å². The molecule has 0 saturated carbocycles. The second-order valence-corrected chi connectivity index (χ2v) is 5.72. The van der Waals surface area contributed by atoms with Gasteiger partial charge >= 0.3 is 0 Å². The van der Waals surface area contributed by atoms with Crippen molar-refractivity contribution in [3.05, 3.63) is 54.4 Å². The van der Waals surface area contributed by atoms with Crippen LogP contribution in [0.5, 0.6) is 0 Å². The molecular weight excluding hydrogens is 264 g/mol. The lowest BCUT2D eigenvalue weighted by Gasteiger charge is -2.34. The summed E-state index contributed by atoms with van der Waals surface area (Å²) in [5.74, 6) is 0.189. The van der Waals surface area contributed by atoms with Crippen LogP contribution in [0.2, 0.25) is 0 Å². The third kappa shape index (κ3) is 2.85. The van der Waals surface area contributed by atoms with Crippen molar-refractivity contribution in [3.8, 4) is 5.69 Å². The average molecular weight is 284 g/mol. The Bertz CT molecular complexity index is 604. The van der Waals surface area contributed by atoms with Crippen molar-refractivity contribution in [2.75, 3.05) is 13.1 Å². The molecule has 21 heavy (non-hydrogen) atoms. The Hall–Kier alpha value is -2.07. The molecule has 1 aromatic heterocycles. The fourth-order valence-electron chi connectivity index (χ4n) is 2.78. The smallest absolute Gasteiger partial charge is 0.253 e. The molecule has 2 heterocycles. The second kappa shape index (κ2) is 5.74. The first-order chi connectivity index (χ1) is 10.1. The number of likely N-dealkylation sites (tertiary alicyclic amines) is 1. The number of hydrogen-bond acceptors (Lipinski definition) is 2. The highest BCUT2D eigenvalue weighted by Gasteiger charge is 2.27. The lowest BCUT2D eigenvalue weighted by molar-refractivity contribution is 0.0297. The number of piperidine rings is 1. The number of carbonyl (C=O) groups is 1. The normalized spacial score (nSPS) is 22.3. The van der Waals surface area contributed by atoms with Crippen molar-refractivity contribution >= 4 is 5.91 Å². The zero-order chi connectivity index (χ0) is 14.8. The zero-order valence-corrected chi connectivity index (χ0v) is 12.1. The lowest BCUT2D eigenvalue weighted by atomic mass is 9.96. The molecule has 1 amide bonds. The number of aliphatic hydroxyl groups is 1. The SMILES string of the molecule is CC1CN(C(=O)c2ccc(-n3cccc3)cc2)CCC1O. The van der Waals surface area contributed by atoms with Crippen LogP contribution in [0.3, 0.4) is 0 Å². The molecular formula is C17H20N2O2. The van der Waals surface area contributed by atoms with E-state index in [1.807, 2.05) is 65.2 Å². The molecule has 0 aliphatic carbocycles. The van der Waals surface area contributed by atoms with Gasteiger partial charge in [-0.2, -0.15) is 0 Å². The number of hydrogen-bond donors (Lipinski definition) is 1. The Morgan fingerprint density at radius 3 is 2.48 bits per heavy atom. The van der Waals surface area contributed by atoms with Crippen LogP contribution in [-0.2, 0) is 0 Å². The summed E-state index contributed by atoms with van der Waals surface area (Å²) in [6.07, 6.45) is 4.33. The van der Waals surface area contributed by atoms with E-state index in [9.17, 15) is 9.90 Å². The highest BCUT2D eigenvalue weighted by molar-refractivity contribution is 5.94. The van der Waals surface area contributed by atoms with E-state index in [1.54, 1.807) is 0 Å². The summed E-state index contributed by atoms with van der Waals surface area (Å²) in [5.41, 5.74) is 1.74. The minimum absolute atomic E-state index is 0.0489. The molecule has 1 aromatic carbocycles. The summed E-state index contributed by atoms with van der Waals surface area (Å²) >= 11 is 0. The van der Waals surface area contributed by atoms with Gasteiger partial charge in [-0.05, 0) is 48.7 Å². The van der Waals surface area contributed by atoms with Gasteiger partial charge in [0.15, 0.2) is 0 Å². The lowest BCUT2D eigenvalue weighted by Crippen LogP contribution is -2.44. The molecule has 3 rings (SSSR count). The number of carbonyl (C=O) groups excluding carboxylic acids is 1. The fraction of sp³-hybridized carbons (Fsp3) is 0.353. The number of benzene rings is 1. The van der Waals surface area contributed by atoms with Crippen molar-refractivity contribution in [1.29, 1.82) is 0 Å².